The van der Waals surface area contributed by atoms with Crippen LogP contribution in [-0.2, 0) is 9.53 Å². The highest BCUT2D eigenvalue weighted by atomic mass is 32.2. The van der Waals surface area contributed by atoms with Gasteiger partial charge < -0.3 is 9.64 Å². The van der Waals surface area contributed by atoms with Gasteiger partial charge in [0, 0.05) is 11.7 Å². The molecule has 0 atom stereocenters. The zero-order valence-electron chi connectivity index (χ0n) is 19.7. The Bertz CT molecular complexity index is 1420. The first kappa shape index (κ1) is 24.2. The molecule has 0 fully saturated rings. The molecule has 0 bridgehead atoms. The standard InChI is InChI=1S/C27H25N3O4S/c1-18(2)29(20-10-6-4-7-11-20)24(31)17-35-27-28-23-16-19(26(33)34-3)14-15-22(23)25(32)30(27)21-12-8-5-9-13-21/h4-16,18H,17H2,1-3H3. The molecule has 3 aromatic carbocycles. The Morgan fingerprint density at radius 3 is 2.29 bits per heavy atom. The third kappa shape index (κ3) is 5.12. The number of rotatable bonds is 7. The number of aromatic nitrogens is 2. The van der Waals surface area contributed by atoms with Crippen LogP contribution >= 0.6 is 11.8 Å². The molecule has 0 aliphatic heterocycles. The van der Waals surface area contributed by atoms with E-state index in [0.29, 0.717) is 27.3 Å². The number of hydrogen-bond donors (Lipinski definition) is 0. The smallest absolute Gasteiger partial charge is 0.337 e. The van der Waals surface area contributed by atoms with Crippen LogP contribution in [0.1, 0.15) is 24.2 Å². The molecule has 8 heteroatoms. The van der Waals surface area contributed by atoms with Gasteiger partial charge in [0.15, 0.2) is 5.16 Å². The van der Waals surface area contributed by atoms with E-state index in [2.05, 4.69) is 4.98 Å². The lowest BCUT2D eigenvalue weighted by molar-refractivity contribution is -0.116. The molecule has 0 saturated heterocycles. The zero-order chi connectivity index (χ0) is 24.9. The number of amides is 1. The normalized spacial score (nSPS) is 11.0. The molecule has 0 aliphatic rings. The summed E-state index contributed by atoms with van der Waals surface area (Å²) in [6, 6.07) is 23.2. The van der Waals surface area contributed by atoms with Crippen molar-refractivity contribution in [2.24, 2.45) is 0 Å². The van der Waals surface area contributed by atoms with Gasteiger partial charge in [-0.3, -0.25) is 14.2 Å². The fraction of sp³-hybridized carbons (Fsp3) is 0.185. The van der Waals surface area contributed by atoms with Crippen LogP contribution in [0.15, 0.2) is 88.8 Å². The number of benzene rings is 3. The fourth-order valence-corrected chi connectivity index (χ4v) is 4.70. The molecule has 0 unspecified atom stereocenters. The highest BCUT2D eigenvalue weighted by Crippen LogP contribution is 2.24. The number of carbonyl (C=O) groups excluding carboxylic acids is 2. The molecule has 35 heavy (non-hydrogen) atoms. The van der Waals surface area contributed by atoms with Gasteiger partial charge in [-0.05, 0) is 56.3 Å². The van der Waals surface area contributed by atoms with E-state index in [-0.39, 0.29) is 23.3 Å². The van der Waals surface area contributed by atoms with Crippen molar-refractivity contribution in [3.63, 3.8) is 0 Å². The average molecular weight is 488 g/mol. The van der Waals surface area contributed by atoms with Gasteiger partial charge in [-0.2, -0.15) is 0 Å². The summed E-state index contributed by atoms with van der Waals surface area (Å²) in [6.07, 6.45) is 0. The first-order valence-electron chi connectivity index (χ1n) is 11.1. The van der Waals surface area contributed by atoms with Crippen LogP contribution in [0.2, 0.25) is 0 Å². The van der Waals surface area contributed by atoms with E-state index in [9.17, 15) is 14.4 Å². The maximum Gasteiger partial charge on any atom is 0.337 e. The molecule has 0 N–H and O–H groups in total. The second-order valence-corrected chi connectivity index (χ2v) is 9.02. The average Bonchev–Trinajstić information content (AvgIpc) is 2.87. The van der Waals surface area contributed by atoms with Gasteiger partial charge in [-0.15, -0.1) is 0 Å². The molecule has 0 aliphatic carbocycles. The minimum absolute atomic E-state index is 0.0472. The fourth-order valence-electron chi connectivity index (χ4n) is 3.83. The maximum atomic E-state index is 13.5. The van der Waals surface area contributed by atoms with Crippen LogP contribution < -0.4 is 10.5 Å². The van der Waals surface area contributed by atoms with Gasteiger partial charge >= 0.3 is 5.97 Å². The molecule has 0 saturated carbocycles. The number of anilines is 1. The van der Waals surface area contributed by atoms with Crippen LogP contribution in [0.3, 0.4) is 0 Å². The SMILES string of the molecule is COC(=O)c1ccc2c(=O)n(-c3ccccc3)c(SCC(=O)N(c3ccccc3)C(C)C)nc2c1. The Labute approximate surface area is 207 Å². The maximum absolute atomic E-state index is 13.5. The number of esters is 1. The second-order valence-electron chi connectivity index (χ2n) is 8.08. The summed E-state index contributed by atoms with van der Waals surface area (Å²) in [5, 5.41) is 0.728. The minimum Gasteiger partial charge on any atom is -0.465 e. The van der Waals surface area contributed by atoms with E-state index in [0.717, 1.165) is 5.69 Å². The van der Waals surface area contributed by atoms with E-state index in [1.807, 2.05) is 74.5 Å². The number of carbonyl (C=O) groups is 2. The number of thioether (sulfide) groups is 1. The second kappa shape index (κ2) is 10.6. The topological polar surface area (TPSA) is 81.5 Å². The van der Waals surface area contributed by atoms with Crippen molar-refractivity contribution in [2.45, 2.75) is 25.0 Å². The Hall–Kier alpha value is -3.91. The monoisotopic (exact) mass is 487 g/mol. The highest BCUT2D eigenvalue weighted by Gasteiger charge is 2.21. The highest BCUT2D eigenvalue weighted by molar-refractivity contribution is 7.99. The third-order valence-corrected chi connectivity index (χ3v) is 6.34. The predicted octanol–water partition coefficient (Wildman–Crippen LogP) is 4.71. The Kier molecular flexibility index (Phi) is 7.31. The molecule has 1 aromatic heterocycles. The van der Waals surface area contributed by atoms with Crippen LogP contribution in [0.5, 0.6) is 0 Å². The van der Waals surface area contributed by atoms with Crippen LogP contribution in [0, 0.1) is 0 Å². The summed E-state index contributed by atoms with van der Waals surface area (Å²) >= 11 is 1.18. The summed E-state index contributed by atoms with van der Waals surface area (Å²) in [5.74, 6) is -0.539. The molecule has 7 nitrogen and oxygen atoms in total. The van der Waals surface area contributed by atoms with Gasteiger partial charge in [0.2, 0.25) is 5.91 Å². The Morgan fingerprint density at radius 2 is 1.66 bits per heavy atom. The molecular weight excluding hydrogens is 462 g/mol. The van der Waals surface area contributed by atoms with Gasteiger partial charge in [0.05, 0.1) is 35.0 Å². The molecule has 4 aromatic rings. The molecule has 0 spiro atoms. The van der Waals surface area contributed by atoms with Crippen molar-refractivity contribution < 1.29 is 14.3 Å². The van der Waals surface area contributed by atoms with E-state index >= 15 is 0 Å². The van der Waals surface area contributed by atoms with Crippen LogP contribution in [0.4, 0.5) is 5.69 Å². The van der Waals surface area contributed by atoms with Crippen molar-refractivity contribution in [1.82, 2.24) is 9.55 Å². The summed E-state index contributed by atoms with van der Waals surface area (Å²) < 4.78 is 6.30. The number of fused-ring (bicyclic) bond motifs is 1. The van der Waals surface area contributed by atoms with Crippen molar-refractivity contribution in [3.8, 4) is 5.69 Å². The Balaban J connectivity index is 1.76. The number of nitrogens with zero attached hydrogens (tertiary/aromatic N) is 3. The van der Waals surface area contributed by atoms with Crippen LogP contribution in [-0.4, -0.2) is 40.3 Å². The van der Waals surface area contributed by atoms with E-state index in [1.165, 1.54) is 29.5 Å². The lowest BCUT2D eigenvalue weighted by Gasteiger charge is -2.27. The Morgan fingerprint density at radius 1 is 1.00 bits per heavy atom. The van der Waals surface area contributed by atoms with Gasteiger partial charge in [0.25, 0.3) is 5.56 Å². The molecular formula is C27H25N3O4S. The van der Waals surface area contributed by atoms with Crippen LogP contribution in [0.25, 0.3) is 16.6 Å². The third-order valence-electron chi connectivity index (χ3n) is 5.42. The molecule has 4 rings (SSSR count). The van der Waals surface area contributed by atoms with Crippen molar-refractivity contribution in [3.05, 3.63) is 94.8 Å². The van der Waals surface area contributed by atoms with E-state index in [1.54, 1.807) is 17.0 Å². The summed E-state index contributed by atoms with van der Waals surface area (Å²) in [4.78, 5) is 45.2. The largest absolute Gasteiger partial charge is 0.465 e. The summed E-state index contributed by atoms with van der Waals surface area (Å²) in [5.41, 5.74) is 1.83. The number of para-hydroxylation sites is 2. The summed E-state index contributed by atoms with van der Waals surface area (Å²) in [7, 11) is 1.30. The van der Waals surface area contributed by atoms with Crippen molar-refractivity contribution >= 4 is 40.2 Å². The lowest BCUT2D eigenvalue weighted by Crippen LogP contribution is -2.38. The van der Waals surface area contributed by atoms with E-state index < -0.39 is 5.97 Å². The number of ether oxygens (including phenoxy) is 1. The molecule has 1 heterocycles. The number of methoxy groups -OCH3 is 1. The van der Waals surface area contributed by atoms with Gasteiger partial charge in [0.1, 0.15) is 0 Å². The van der Waals surface area contributed by atoms with Gasteiger partial charge in [-0.1, -0.05) is 48.2 Å². The zero-order valence-corrected chi connectivity index (χ0v) is 20.5. The number of hydrogen-bond acceptors (Lipinski definition) is 6. The first-order valence-corrected chi connectivity index (χ1v) is 12.1. The van der Waals surface area contributed by atoms with Crippen molar-refractivity contribution in [1.29, 1.82) is 0 Å². The first-order chi connectivity index (χ1) is 16.9. The van der Waals surface area contributed by atoms with Crippen molar-refractivity contribution in [2.75, 3.05) is 17.8 Å². The molecule has 0 radical (unpaired) electrons. The molecule has 178 valence electrons. The van der Waals surface area contributed by atoms with Gasteiger partial charge in [-0.25, -0.2) is 9.78 Å². The minimum atomic E-state index is -0.513. The van der Waals surface area contributed by atoms with E-state index in [4.69, 9.17) is 4.74 Å². The lowest BCUT2D eigenvalue weighted by atomic mass is 10.1. The quantitative estimate of drug-likeness (QED) is 0.213. The predicted molar refractivity (Wildman–Crippen MR) is 138 cm³/mol. The summed E-state index contributed by atoms with van der Waals surface area (Å²) in [6.45, 7) is 3.91. The molecule has 1 amide bonds.